The van der Waals surface area contributed by atoms with Crippen LogP contribution in [0.3, 0.4) is 0 Å². The van der Waals surface area contributed by atoms with Crippen LogP contribution < -0.4 is 0 Å². The molecule has 10 heavy (non-hydrogen) atoms. The fraction of sp³-hybridized carbons (Fsp3) is 0.111. The standard InChI is InChI=1S/C9H7Cl/c10-8-4-7-9-5-2-1-3-6-9/h1-3,5-6H,7H2. The van der Waals surface area contributed by atoms with Gasteiger partial charge in [-0.15, -0.1) is 0 Å². The smallest absolute Gasteiger partial charge is 0.0352 e. The van der Waals surface area contributed by atoms with Gasteiger partial charge in [0.25, 0.3) is 0 Å². The molecule has 0 unspecified atom stereocenters. The topological polar surface area (TPSA) is 0 Å². The SMILES string of the molecule is ClC#CCc1ccccc1. The van der Waals surface area contributed by atoms with E-state index in [-0.39, 0.29) is 0 Å². The van der Waals surface area contributed by atoms with E-state index in [1.165, 1.54) is 5.56 Å². The van der Waals surface area contributed by atoms with E-state index < -0.39 is 0 Å². The van der Waals surface area contributed by atoms with Gasteiger partial charge in [-0.2, -0.15) is 0 Å². The minimum absolute atomic E-state index is 0.740. The van der Waals surface area contributed by atoms with Crippen molar-refractivity contribution in [1.82, 2.24) is 0 Å². The lowest BCUT2D eigenvalue weighted by molar-refractivity contribution is 1.32. The van der Waals surface area contributed by atoms with Gasteiger partial charge in [0.1, 0.15) is 0 Å². The van der Waals surface area contributed by atoms with E-state index in [0.29, 0.717) is 0 Å². The summed E-state index contributed by atoms with van der Waals surface area (Å²) in [6, 6.07) is 10.0. The van der Waals surface area contributed by atoms with Gasteiger partial charge in [0, 0.05) is 11.8 Å². The Morgan fingerprint density at radius 3 is 2.50 bits per heavy atom. The molecule has 1 aromatic carbocycles. The summed E-state index contributed by atoms with van der Waals surface area (Å²) in [5.74, 6) is 2.78. The van der Waals surface area contributed by atoms with E-state index in [9.17, 15) is 0 Å². The summed E-state index contributed by atoms with van der Waals surface area (Å²) in [5, 5.41) is 2.34. The Bertz CT molecular complexity index is 240. The predicted molar refractivity (Wildman–Crippen MR) is 43.8 cm³/mol. The van der Waals surface area contributed by atoms with Crippen LogP contribution in [0.2, 0.25) is 0 Å². The van der Waals surface area contributed by atoms with Crippen molar-refractivity contribution in [3.8, 4) is 11.3 Å². The van der Waals surface area contributed by atoms with Gasteiger partial charge in [0.2, 0.25) is 0 Å². The van der Waals surface area contributed by atoms with Crippen LogP contribution in [-0.4, -0.2) is 0 Å². The third-order valence-corrected chi connectivity index (χ3v) is 1.34. The lowest BCUT2D eigenvalue weighted by Crippen LogP contribution is -1.77. The quantitative estimate of drug-likeness (QED) is 0.540. The monoisotopic (exact) mass is 150 g/mol. The minimum Gasteiger partial charge on any atom is -0.0811 e. The van der Waals surface area contributed by atoms with Crippen LogP contribution in [0.4, 0.5) is 0 Å². The highest BCUT2D eigenvalue weighted by molar-refractivity contribution is 6.30. The lowest BCUT2D eigenvalue weighted by Gasteiger charge is -1.89. The van der Waals surface area contributed by atoms with Crippen LogP contribution in [0.1, 0.15) is 5.56 Å². The number of benzene rings is 1. The molecule has 1 aromatic rings. The first-order chi connectivity index (χ1) is 4.93. The second-order valence-corrected chi connectivity index (χ2v) is 2.12. The molecule has 1 heteroatoms. The molecule has 0 N–H and O–H groups in total. The van der Waals surface area contributed by atoms with E-state index in [1.54, 1.807) is 0 Å². The summed E-state index contributed by atoms with van der Waals surface area (Å²) in [4.78, 5) is 0. The molecular formula is C9H7Cl. The number of halogens is 1. The Morgan fingerprint density at radius 1 is 1.20 bits per heavy atom. The summed E-state index contributed by atoms with van der Waals surface area (Å²) >= 11 is 5.19. The molecule has 0 saturated carbocycles. The second kappa shape index (κ2) is 3.98. The Balaban J connectivity index is 2.64. The highest BCUT2D eigenvalue weighted by Gasteiger charge is 1.83. The number of rotatable bonds is 1. The van der Waals surface area contributed by atoms with Crippen LogP contribution in [0.5, 0.6) is 0 Å². The largest absolute Gasteiger partial charge is 0.0811 e. The molecule has 0 atom stereocenters. The van der Waals surface area contributed by atoms with Crippen molar-refractivity contribution in [3.63, 3.8) is 0 Å². The first-order valence-electron chi connectivity index (χ1n) is 3.06. The fourth-order valence-electron chi connectivity index (χ4n) is 0.731. The Kier molecular flexibility index (Phi) is 2.86. The fourth-order valence-corrected chi connectivity index (χ4v) is 0.798. The van der Waals surface area contributed by atoms with Gasteiger partial charge in [-0.05, 0) is 17.2 Å². The maximum Gasteiger partial charge on any atom is 0.0352 e. The third kappa shape index (κ3) is 2.13. The molecule has 0 spiro atoms. The predicted octanol–water partition coefficient (Wildman–Crippen LogP) is 2.43. The summed E-state index contributed by atoms with van der Waals surface area (Å²) in [5.41, 5.74) is 1.20. The molecule has 0 heterocycles. The van der Waals surface area contributed by atoms with E-state index in [4.69, 9.17) is 11.6 Å². The summed E-state index contributed by atoms with van der Waals surface area (Å²) in [6.07, 6.45) is 0.740. The summed E-state index contributed by atoms with van der Waals surface area (Å²) < 4.78 is 0. The van der Waals surface area contributed by atoms with Gasteiger partial charge in [0.05, 0.1) is 0 Å². The van der Waals surface area contributed by atoms with E-state index in [2.05, 4.69) is 11.3 Å². The molecule has 1 rings (SSSR count). The van der Waals surface area contributed by atoms with E-state index in [0.717, 1.165) is 6.42 Å². The molecule has 0 radical (unpaired) electrons. The van der Waals surface area contributed by atoms with Crippen molar-refractivity contribution < 1.29 is 0 Å². The zero-order valence-electron chi connectivity index (χ0n) is 5.47. The molecular weight excluding hydrogens is 144 g/mol. The van der Waals surface area contributed by atoms with Gasteiger partial charge in [-0.25, -0.2) is 0 Å². The van der Waals surface area contributed by atoms with Crippen molar-refractivity contribution in [2.45, 2.75) is 6.42 Å². The van der Waals surface area contributed by atoms with Gasteiger partial charge in [-0.3, -0.25) is 0 Å². The van der Waals surface area contributed by atoms with Crippen LogP contribution in [0, 0.1) is 11.3 Å². The maximum absolute atomic E-state index is 5.19. The zero-order chi connectivity index (χ0) is 7.23. The van der Waals surface area contributed by atoms with Crippen molar-refractivity contribution in [3.05, 3.63) is 35.9 Å². The van der Waals surface area contributed by atoms with Crippen LogP contribution in [0.25, 0.3) is 0 Å². The first kappa shape index (κ1) is 7.18. The second-order valence-electron chi connectivity index (χ2n) is 1.93. The van der Waals surface area contributed by atoms with Crippen molar-refractivity contribution >= 4 is 11.6 Å². The van der Waals surface area contributed by atoms with Crippen molar-refractivity contribution in [2.24, 2.45) is 0 Å². The summed E-state index contributed by atoms with van der Waals surface area (Å²) in [6.45, 7) is 0. The van der Waals surface area contributed by atoms with E-state index >= 15 is 0 Å². The van der Waals surface area contributed by atoms with Gasteiger partial charge < -0.3 is 0 Å². The van der Waals surface area contributed by atoms with Gasteiger partial charge in [-0.1, -0.05) is 36.3 Å². The van der Waals surface area contributed by atoms with Crippen LogP contribution in [0.15, 0.2) is 30.3 Å². The maximum atomic E-state index is 5.19. The van der Waals surface area contributed by atoms with Crippen LogP contribution in [-0.2, 0) is 6.42 Å². The van der Waals surface area contributed by atoms with E-state index in [1.807, 2.05) is 30.3 Å². The average Bonchev–Trinajstić information content (AvgIpc) is 2.03. The average molecular weight is 151 g/mol. The Hall–Kier alpha value is -0.930. The third-order valence-electron chi connectivity index (χ3n) is 1.20. The minimum atomic E-state index is 0.740. The molecule has 50 valence electrons. The summed E-state index contributed by atoms with van der Waals surface area (Å²) in [7, 11) is 0. The molecule has 0 aliphatic rings. The van der Waals surface area contributed by atoms with Gasteiger partial charge in [0.15, 0.2) is 0 Å². The molecule has 0 bridgehead atoms. The highest BCUT2D eigenvalue weighted by Crippen LogP contribution is 1.97. The Morgan fingerprint density at radius 2 is 1.90 bits per heavy atom. The highest BCUT2D eigenvalue weighted by atomic mass is 35.5. The molecule has 0 aromatic heterocycles. The van der Waals surface area contributed by atoms with Crippen molar-refractivity contribution in [1.29, 1.82) is 0 Å². The lowest BCUT2D eigenvalue weighted by atomic mass is 10.2. The number of hydrogen-bond donors (Lipinski definition) is 0. The molecule has 0 saturated heterocycles. The van der Waals surface area contributed by atoms with Crippen molar-refractivity contribution in [2.75, 3.05) is 0 Å². The first-order valence-corrected chi connectivity index (χ1v) is 3.43. The number of hydrogen-bond acceptors (Lipinski definition) is 0. The van der Waals surface area contributed by atoms with Crippen LogP contribution >= 0.6 is 11.6 Å². The molecule has 0 fully saturated rings. The zero-order valence-corrected chi connectivity index (χ0v) is 6.23. The molecule has 0 aliphatic carbocycles. The molecule has 0 amide bonds. The molecule has 0 aliphatic heterocycles. The molecule has 0 nitrogen and oxygen atoms in total. The Labute approximate surface area is 65.8 Å². The van der Waals surface area contributed by atoms with Gasteiger partial charge >= 0.3 is 0 Å². The normalized spacial score (nSPS) is 8.10.